The molecule has 0 radical (unpaired) electrons. The van der Waals surface area contributed by atoms with E-state index in [4.69, 9.17) is 5.11 Å². The van der Waals surface area contributed by atoms with Gasteiger partial charge in [-0.3, -0.25) is 0 Å². The van der Waals surface area contributed by atoms with E-state index < -0.39 is 35.9 Å². The van der Waals surface area contributed by atoms with E-state index in [2.05, 4.69) is 22.5 Å². The summed E-state index contributed by atoms with van der Waals surface area (Å²) in [6, 6.07) is 3.45. The number of benzene rings is 1. The average Bonchev–Trinajstić information content (AvgIpc) is 2.30. The second kappa shape index (κ2) is 6.10. The van der Waals surface area contributed by atoms with Crippen LogP contribution in [0.4, 0.5) is 18.0 Å². The number of amides is 1. The monoisotopic (exact) mass is 337 g/mol. The first-order valence-electron chi connectivity index (χ1n) is 5.19. The van der Waals surface area contributed by atoms with Gasteiger partial charge in [0.1, 0.15) is 11.4 Å². The van der Waals surface area contributed by atoms with E-state index in [1.54, 1.807) is 5.32 Å². The lowest BCUT2D eigenvalue weighted by atomic mass is 9.86. The summed E-state index contributed by atoms with van der Waals surface area (Å²) in [5.41, 5.74) is -2.79. The van der Waals surface area contributed by atoms with E-state index in [-0.39, 0.29) is 0 Å². The van der Waals surface area contributed by atoms with Crippen LogP contribution in [0, 0.1) is 5.82 Å². The van der Waals surface area contributed by atoms with Gasteiger partial charge in [-0.05, 0) is 24.6 Å². The fourth-order valence-electron chi connectivity index (χ4n) is 1.75. The van der Waals surface area contributed by atoms with E-state index in [0.717, 1.165) is 18.2 Å². The maximum Gasteiger partial charge on any atom is 0.405 e. The zero-order valence-electron chi connectivity index (χ0n) is 9.67. The van der Waals surface area contributed by atoms with Gasteiger partial charge in [0.25, 0.3) is 6.43 Å². The second-order valence-electron chi connectivity index (χ2n) is 3.82. The Morgan fingerprint density at radius 2 is 2.21 bits per heavy atom. The van der Waals surface area contributed by atoms with Gasteiger partial charge in [0.2, 0.25) is 0 Å². The van der Waals surface area contributed by atoms with E-state index >= 15 is 0 Å². The molecule has 0 aliphatic heterocycles. The molecule has 7 heteroatoms. The SMILES string of the molecule is C=CCC(NC(=O)O)(c1cc(Br)ccc1F)C(F)F. The normalized spacial score (nSPS) is 13.9. The molecule has 1 aromatic carbocycles. The predicted molar refractivity (Wildman–Crippen MR) is 67.8 cm³/mol. The van der Waals surface area contributed by atoms with E-state index in [1.165, 1.54) is 6.07 Å². The minimum atomic E-state index is -3.13. The molecule has 2 N–H and O–H groups in total. The number of hydrogen-bond donors (Lipinski definition) is 2. The van der Waals surface area contributed by atoms with Crippen molar-refractivity contribution in [3.05, 3.63) is 46.7 Å². The average molecular weight is 338 g/mol. The summed E-state index contributed by atoms with van der Waals surface area (Å²) in [6.07, 6.45) is -4.13. The van der Waals surface area contributed by atoms with Crippen LogP contribution in [0.3, 0.4) is 0 Å². The fraction of sp³-hybridized carbons (Fsp3) is 0.250. The van der Waals surface area contributed by atoms with Crippen LogP contribution in [0.5, 0.6) is 0 Å². The molecule has 0 aromatic heterocycles. The fourth-order valence-corrected chi connectivity index (χ4v) is 2.11. The standard InChI is InChI=1S/C12H11BrF3NO2/c1-2-5-12(10(15)16,17-11(18)19)8-6-7(13)3-4-9(8)14/h2-4,6,10,17H,1,5H2,(H,18,19). The van der Waals surface area contributed by atoms with E-state index in [0.29, 0.717) is 4.47 Å². The molecule has 3 nitrogen and oxygen atoms in total. The van der Waals surface area contributed by atoms with Gasteiger partial charge < -0.3 is 10.4 Å². The van der Waals surface area contributed by atoms with Crippen LogP contribution in [0.15, 0.2) is 35.3 Å². The highest BCUT2D eigenvalue weighted by Crippen LogP contribution is 2.35. The molecule has 1 aromatic rings. The molecule has 19 heavy (non-hydrogen) atoms. The Morgan fingerprint density at radius 1 is 1.58 bits per heavy atom. The molecular formula is C12H11BrF3NO2. The Kier molecular flexibility index (Phi) is 4.99. The van der Waals surface area contributed by atoms with Crippen molar-refractivity contribution in [2.24, 2.45) is 0 Å². The number of hydrogen-bond acceptors (Lipinski definition) is 1. The van der Waals surface area contributed by atoms with Crippen molar-refractivity contribution in [3.8, 4) is 0 Å². The molecule has 1 atom stereocenters. The molecule has 0 bridgehead atoms. The van der Waals surface area contributed by atoms with Crippen LogP contribution in [-0.2, 0) is 5.54 Å². The van der Waals surface area contributed by atoms with Crippen LogP contribution in [0.25, 0.3) is 0 Å². The summed E-state index contributed by atoms with van der Waals surface area (Å²) >= 11 is 3.04. The van der Waals surface area contributed by atoms with Crippen molar-refractivity contribution in [3.63, 3.8) is 0 Å². The maximum atomic E-state index is 13.8. The summed E-state index contributed by atoms with van der Waals surface area (Å²) in [6.45, 7) is 3.31. The smallest absolute Gasteiger partial charge is 0.405 e. The Balaban J connectivity index is 3.47. The topological polar surface area (TPSA) is 49.3 Å². The first-order valence-corrected chi connectivity index (χ1v) is 5.98. The molecule has 0 aliphatic rings. The first kappa shape index (κ1) is 15.6. The van der Waals surface area contributed by atoms with Crippen molar-refractivity contribution >= 4 is 22.0 Å². The van der Waals surface area contributed by atoms with Crippen molar-refractivity contribution < 1.29 is 23.1 Å². The minimum Gasteiger partial charge on any atom is -0.465 e. The zero-order valence-corrected chi connectivity index (χ0v) is 11.3. The molecule has 1 unspecified atom stereocenters. The predicted octanol–water partition coefficient (Wildman–Crippen LogP) is 3.89. The second-order valence-corrected chi connectivity index (χ2v) is 4.73. The van der Waals surface area contributed by atoms with E-state index in [1.807, 2.05) is 0 Å². The lowest BCUT2D eigenvalue weighted by Crippen LogP contribution is -2.51. The van der Waals surface area contributed by atoms with Gasteiger partial charge in [0.05, 0.1) is 0 Å². The van der Waals surface area contributed by atoms with E-state index in [9.17, 15) is 18.0 Å². The van der Waals surface area contributed by atoms with Crippen molar-refractivity contribution in [1.82, 2.24) is 5.32 Å². The molecule has 0 saturated heterocycles. The quantitative estimate of drug-likeness (QED) is 0.801. The van der Waals surface area contributed by atoms with Crippen LogP contribution in [0.2, 0.25) is 0 Å². The number of nitrogens with one attached hydrogen (secondary N) is 1. The third-order valence-electron chi connectivity index (χ3n) is 2.58. The van der Waals surface area contributed by atoms with Crippen LogP contribution in [-0.4, -0.2) is 17.6 Å². The number of carbonyl (C=O) groups is 1. The largest absolute Gasteiger partial charge is 0.465 e. The lowest BCUT2D eigenvalue weighted by Gasteiger charge is -2.32. The third kappa shape index (κ3) is 3.28. The Bertz CT molecular complexity index is 496. The molecule has 1 amide bonds. The van der Waals surface area contributed by atoms with Crippen LogP contribution < -0.4 is 5.32 Å². The van der Waals surface area contributed by atoms with Crippen molar-refractivity contribution in [2.75, 3.05) is 0 Å². The highest BCUT2D eigenvalue weighted by molar-refractivity contribution is 9.10. The zero-order chi connectivity index (χ0) is 14.6. The number of rotatable bonds is 5. The number of halogens is 4. The Labute approximate surface area is 116 Å². The minimum absolute atomic E-state index is 0.366. The highest BCUT2D eigenvalue weighted by atomic mass is 79.9. The van der Waals surface area contributed by atoms with Crippen LogP contribution >= 0.6 is 15.9 Å². The first-order chi connectivity index (χ1) is 8.83. The molecule has 0 spiro atoms. The van der Waals surface area contributed by atoms with Crippen LogP contribution in [0.1, 0.15) is 12.0 Å². The molecule has 0 saturated carbocycles. The Hall–Kier alpha value is -1.50. The van der Waals surface area contributed by atoms with Crippen molar-refractivity contribution in [2.45, 2.75) is 18.4 Å². The molecule has 0 fully saturated rings. The van der Waals surface area contributed by atoms with Gasteiger partial charge in [-0.25, -0.2) is 18.0 Å². The van der Waals surface area contributed by atoms with Gasteiger partial charge in [-0.15, -0.1) is 6.58 Å². The van der Waals surface area contributed by atoms with Gasteiger partial charge >= 0.3 is 6.09 Å². The molecule has 104 valence electrons. The van der Waals surface area contributed by atoms with Gasteiger partial charge in [-0.1, -0.05) is 22.0 Å². The highest BCUT2D eigenvalue weighted by Gasteiger charge is 2.44. The Morgan fingerprint density at radius 3 is 2.68 bits per heavy atom. The van der Waals surface area contributed by atoms with Gasteiger partial charge in [0, 0.05) is 10.0 Å². The van der Waals surface area contributed by atoms with Gasteiger partial charge in [0.15, 0.2) is 0 Å². The molecule has 0 heterocycles. The number of carboxylic acid groups (broad SMARTS) is 1. The molecule has 1 rings (SSSR count). The van der Waals surface area contributed by atoms with Gasteiger partial charge in [-0.2, -0.15) is 0 Å². The summed E-state index contributed by atoms with van der Waals surface area (Å²) < 4.78 is 40.8. The summed E-state index contributed by atoms with van der Waals surface area (Å²) in [5, 5.41) is 10.4. The molecule has 0 aliphatic carbocycles. The van der Waals surface area contributed by atoms with Crippen molar-refractivity contribution in [1.29, 1.82) is 0 Å². The summed E-state index contributed by atoms with van der Waals surface area (Å²) in [5.74, 6) is -0.917. The molecular weight excluding hydrogens is 327 g/mol. The number of alkyl halides is 2. The summed E-state index contributed by atoms with van der Waals surface area (Å²) in [7, 11) is 0. The summed E-state index contributed by atoms with van der Waals surface area (Å²) in [4.78, 5) is 10.8. The maximum absolute atomic E-state index is 13.8. The lowest BCUT2D eigenvalue weighted by molar-refractivity contribution is 0.0274. The third-order valence-corrected chi connectivity index (χ3v) is 3.07.